The van der Waals surface area contributed by atoms with Gasteiger partial charge >= 0.3 is 0 Å². The van der Waals surface area contributed by atoms with E-state index in [1.165, 1.54) is 19.1 Å². The number of sulfone groups is 1. The lowest BCUT2D eigenvalue weighted by molar-refractivity contribution is -0.124. The molecule has 0 radical (unpaired) electrons. The second kappa shape index (κ2) is 9.98. The van der Waals surface area contributed by atoms with E-state index >= 15 is 0 Å². The molecule has 174 valence electrons. The maximum atomic E-state index is 13.5. The minimum atomic E-state index is -3.09. The number of carbonyl (C=O) groups excluding carboxylic acids is 1. The molecule has 2 aliphatic rings. The predicted molar refractivity (Wildman–Crippen MR) is 134 cm³/mol. The molecule has 0 unspecified atom stereocenters. The van der Waals surface area contributed by atoms with Gasteiger partial charge in [-0.1, -0.05) is 48.5 Å². The fourth-order valence-electron chi connectivity index (χ4n) is 4.65. The summed E-state index contributed by atoms with van der Waals surface area (Å²) in [5, 5.41) is 3.36. The molecule has 1 heterocycles. The van der Waals surface area contributed by atoms with Gasteiger partial charge in [-0.15, -0.1) is 0 Å². The molecule has 2 fully saturated rings. The Morgan fingerprint density at radius 1 is 1.09 bits per heavy atom. The van der Waals surface area contributed by atoms with Gasteiger partial charge in [-0.05, 0) is 68.0 Å². The molecule has 1 amide bonds. The summed E-state index contributed by atoms with van der Waals surface area (Å²) in [7, 11) is -3.09. The Morgan fingerprint density at radius 2 is 1.75 bits per heavy atom. The molecule has 2 aromatic rings. The fourth-order valence-corrected chi connectivity index (χ4v) is 5.54. The fraction of sp³-hybridized carbons (Fsp3) is 0.480. The Kier molecular flexibility index (Phi) is 7.73. The number of nitrogens with zero attached hydrogens (tertiary/aromatic N) is 1. The lowest BCUT2D eigenvalue weighted by Crippen LogP contribution is -2.41. The van der Waals surface area contributed by atoms with Crippen LogP contribution in [0.25, 0.3) is 0 Å². The molecule has 2 aromatic carbocycles. The van der Waals surface area contributed by atoms with Gasteiger partial charge in [0.2, 0.25) is 5.91 Å². The first-order valence-electron chi connectivity index (χ1n) is 11.1. The molecule has 1 saturated heterocycles. The van der Waals surface area contributed by atoms with Crippen LogP contribution in [0.5, 0.6) is 0 Å². The first-order chi connectivity index (χ1) is 14.8. The van der Waals surface area contributed by atoms with Crippen LogP contribution in [-0.2, 0) is 25.8 Å². The maximum absolute atomic E-state index is 13.5. The molecule has 4 rings (SSSR count). The highest BCUT2D eigenvalue weighted by molar-refractivity contribution is 7.89. The van der Waals surface area contributed by atoms with Gasteiger partial charge in [0.25, 0.3) is 0 Å². The molecular weight excluding hydrogens is 440 g/mol. The van der Waals surface area contributed by atoms with E-state index in [-0.39, 0.29) is 31.2 Å². The van der Waals surface area contributed by atoms with Crippen molar-refractivity contribution in [2.45, 2.75) is 49.8 Å². The van der Waals surface area contributed by atoms with Crippen LogP contribution >= 0.6 is 13.5 Å². The van der Waals surface area contributed by atoms with Crippen LogP contribution in [0.4, 0.5) is 0 Å². The van der Waals surface area contributed by atoms with E-state index < -0.39 is 15.3 Å². The van der Waals surface area contributed by atoms with Crippen LogP contribution in [0.15, 0.2) is 48.5 Å². The summed E-state index contributed by atoms with van der Waals surface area (Å²) in [6.45, 7) is 4.94. The molecule has 1 saturated carbocycles. The van der Waals surface area contributed by atoms with Gasteiger partial charge in [0.05, 0.1) is 17.2 Å². The molecule has 1 aliphatic heterocycles. The van der Waals surface area contributed by atoms with Crippen molar-refractivity contribution in [3.05, 3.63) is 70.8 Å². The van der Waals surface area contributed by atoms with Gasteiger partial charge in [0.15, 0.2) is 9.84 Å². The van der Waals surface area contributed by atoms with Crippen molar-refractivity contribution in [1.82, 2.24) is 10.2 Å². The summed E-state index contributed by atoms with van der Waals surface area (Å²) in [6, 6.07) is 16.0. The molecule has 0 spiro atoms. The van der Waals surface area contributed by atoms with Crippen LogP contribution in [0.1, 0.15) is 54.0 Å². The normalized spacial score (nSPS) is 18.6. The molecule has 32 heavy (non-hydrogen) atoms. The first-order valence-corrected chi connectivity index (χ1v) is 13.2. The summed E-state index contributed by atoms with van der Waals surface area (Å²) >= 11 is 0. The SMILES string of the molecule is Cc1cc(C2(C(=O)N[C@H](CN3CCCC3)c3ccccc3)CC2)ccc1CS(C)(=O)=O.S. The molecule has 5 nitrogen and oxygen atoms in total. The summed E-state index contributed by atoms with van der Waals surface area (Å²) in [5.74, 6) is 0.111. The highest BCUT2D eigenvalue weighted by Crippen LogP contribution is 2.49. The van der Waals surface area contributed by atoms with Crippen molar-refractivity contribution in [2.75, 3.05) is 25.9 Å². The number of hydrogen-bond donors (Lipinski definition) is 1. The van der Waals surface area contributed by atoms with Crippen molar-refractivity contribution < 1.29 is 13.2 Å². The largest absolute Gasteiger partial charge is 0.347 e. The van der Waals surface area contributed by atoms with E-state index in [0.717, 1.165) is 54.7 Å². The summed E-state index contributed by atoms with van der Waals surface area (Å²) in [5.41, 5.74) is 3.37. The topological polar surface area (TPSA) is 66.5 Å². The third-order valence-corrected chi connectivity index (χ3v) is 7.48. The molecular formula is C25H34N2O3S2. The van der Waals surface area contributed by atoms with Gasteiger partial charge in [-0.25, -0.2) is 8.42 Å². The number of amides is 1. The number of carbonyl (C=O) groups is 1. The van der Waals surface area contributed by atoms with E-state index in [2.05, 4.69) is 22.3 Å². The second-order valence-corrected chi connectivity index (χ2v) is 11.4. The van der Waals surface area contributed by atoms with Crippen molar-refractivity contribution >= 4 is 29.2 Å². The summed E-state index contributed by atoms with van der Waals surface area (Å²) < 4.78 is 23.4. The van der Waals surface area contributed by atoms with E-state index in [1.807, 2.05) is 43.3 Å². The van der Waals surface area contributed by atoms with Crippen LogP contribution in [-0.4, -0.2) is 45.1 Å². The van der Waals surface area contributed by atoms with Gasteiger partial charge in [-0.2, -0.15) is 13.5 Å². The Labute approximate surface area is 199 Å². The molecule has 1 N–H and O–H groups in total. The average molecular weight is 475 g/mol. The number of aryl methyl sites for hydroxylation is 1. The van der Waals surface area contributed by atoms with Gasteiger partial charge < -0.3 is 10.2 Å². The lowest BCUT2D eigenvalue weighted by Gasteiger charge is -2.27. The highest BCUT2D eigenvalue weighted by Gasteiger charge is 2.51. The Morgan fingerprint density at radius 3 is 2.31 bits per heavy atom. The zero-order chi connectivity index (χ0) is 22.1. The molecule has 7 heteroatoms. The van der Waals surface area contributed by atoms with Crippen molar-refractivity contribution in [3.8, 4) is 0 Å². The van der Waals surface area contributed by atoms with E-state index in [1.54, 1.807) is 0 Å². The minimum absolute atomic E-state index is 0. The standard InChI is InChI=1S/C25H32N2O3S.H2S/c1-19-16-22(11-10-21(19)18-31(2,29)30)25(12-13-25)24(28)26-23(17-27-14-6-7-15-27)20-8-4-3-5-9-20;/h3-5,8-11,16,23H,6-7,12-15,17-18H2,1-2H3,(H,26,28);1H2/t23-;/m1./s1. The maximum Gasteiger partial charge on any atom is 0.231 e. The number of likely N-dealkylation sites (tertiary alicyclic amines) is 1. The number of nitrogens with one attached hydrogen (secondary N) is 1. The monoisotopic (exact) mass is 474 g/mol. The first kappa shape index (κ1) is 24.8. The zero-order valence-corrected chi connectivity index (χ0v) is 20.7. The van der Waals surface area contributed by atoms with Crippen LogP contribution in [0, 0.1) is 6.92 Å². The third kappa shape index (κ3) is 5.74. The van der Waals surface area contributed by atoms with Gasteiger partial charge in [0, 0.05) is 12.8 Å². The molecule has 1 atom stereocenters. The predicted octanol–water partition coefficient (Wildman–Crippen LogP) is 3.64. The van der Waals surface area contributed by atoms with E-state index in [0.29, 0.717) is 0 Å². The molecule has 0 bridgehead atoms. The van der Waals surface area contributed by atoms with Crippen LogP contribution in [0.2, 0.25) is 0 Å². The minimum Gasteiger partial charge on any atom is -0.347 e. The van der Waals surface area contributed by atoms with Crippen LogP contribution in [0.3, 0.4) is 0 Å². The number of benzene rings is 2. The summed E-state index contributed by atoms with van der Waals surface area (Å²) in [6.07, 6.45) is 5.35. The quantitative estimate of drug-likeness (QED) is 0.634. The molecule has 1 aliphatic carbocycles. The Balaban J connectivity index is 0.00000289. The van der Waals surface area contributed by atoms with Crippen molar-refractivity contribution in [3.63, 3.8) is 0 Å². The average Bonchev–Trinajstić information content (AvgIpc) is 3.39. The lowest BCUT2D eigenvalue weighted by atomic mass is 9.91. The van der Waals surface area contributed by atoms with Crippen molar-refractivity contribution in [2.24, 2.45) is 0 Å². The Hall–Kier alpha value is -1.83. The smallest absolute Gasteiger partial charge is 0.231 e. The zero-order valence-electron chi connectivity index (χ0n) is 18.9. The Bertz CT molecular complexity index is 1040. The second-order valence-electron chi connectivity index (χ2n) is 9.24. The number of hydrogen-bond acceptors (Lipinski definition) is 4. The van der Waals surface area contributed by atoms with E-state index in [9.17, 15) is 13.2 Å². The van der Waals surface area contributed by atoms with E-state index in [4.69, 9.17) is 0 Å². The summed E-state index contributed by atoms with van der Waals surface area (Å²) in [4.78, 5) is 15.9. The number of rotatable bonds is 8. The highest BCUT2D eigenvalue weighted by atomic mass is 32.2. The van der Waals surface area contributed by atoms with Gasteiger partial charge in [-0.3, -0.25) is 4.79 Å². The third-order valence-electron chi connectivity index (χ3n) is 6.64. The van der Waals surface area contributed by atoms with Crippen LogP contribution < -0.4 is 5.32 Å². The van der Waals surface area contributed by atoms with Crippen molar-refractivity contribution in [1.29, 1.82) is 0 Å². The molecule has 0 aromatic heterocycles. The van der Waals surface area contributed by atoms with Gasteiger partial charge in [0.1, 0.15) is 0 Å².